The van der Waals surface area contributed by atoms with Gasteiger partial charge in [0.2, 0.25) is 5.91 Å². The highest BCUT2D eigenvalue weighted by atomic mass is 79.9. The van der Waals surface area contributed by atoms with Crippen LogP contribution in [0, 0.1) is 6.92 Å². The molecule has 2 rings (SSSR count). The molecule has 0 bridgehead atoms. The van der Waals surface area contributed by atoms with Crippen LogP contribution in [0.4, 0.5) is 5.69 Å². The Labute approximate surface area is 129 Å². The molecule has 1 aromatic carbocycles. The first-order chi connectivity index (χ1) is 9.94. The largest absolute Gasteiger partial charge is 0.481 e. The first-order valence-electron chi connectivity index (χ1n) is 6.11. The Morgan fingerprint density at radius 1 is 1.43 bits per heavy atom. The van der Waals surface area contributed by atoms with Crippen molar-refractivity contribution < 1.29 is 14.7 Å². The number of carboxylic acid groups (broad SMARTS) is 1. The van der Waals surface area contributed by atoms with E-state index in [-0.39, 0.29) is 18.9 Å². The van der Waals surface area contributed by atoms with E-state index in [0.29, 0.717) is 11.4 Å². The van der Waals surface area contributed by atoms with Crippen LogP contribution in [0.15, 0.2) is 28.9 Å². The lowest BCUT2D eigenvalue weighted by atomic mass is 10.2. The molecule has 0 radical (unpaired) electrons. The predicted molar refractivity (Wildman–Crippen MR) is 78.9 cm³/mol. The van der Waals surface area contributed by atoms with E-state index >= 15 is 0 Å². The van der Waals surface area contributed by atoms with Gasteiger partial charge in [0.05, 0.1) is 12.1 Å². The molecule has 21 heavy (non-hydrogen) atoms. The summed E-state index contributed by atoms with van der Waals surface area (Å²) in [5.41, 5.74) is 1.96. The summed E-state index contributed by atoms with van der Waals surface area (Å²) in [5.74, 6) is -1.25. The number of anilines is 1. The molecule has 110 valence electrons. The number of nitrogens with one attached hydrogen (secondary N) is 1. The maximum atomic E-state index is 11.9. The molecule has 2 aromatic rings. The summed E-state index contributed by atoms with van der Waals surface area (Å²) < 4.78 is 2.24. The van der Waals surface area contributed by atoms with Crippen molar-refractivity contribution in [1.82, 2.24) is 15.0 Å². The Kier molecular flexibility index (Phi) is 4.69. The smallest absolute Gasteiger partial charge is 0.309 e. The fraction of sp³-hybridized carbons (Fsp3) is 0.231. The van der Waals surface area contributed by atoms with Crippen molar-refractivity contribution in [2.75, 3.05) is 5.32 Å². The fourth-order valence-electron chi connectivity index (χ4n) is 1.76. The number of rotatable bonds is 5. The van der Waals surface area contributed by atoms with E-state index in [1.807, 2.05) is 19.1 Å². The molecular formula is C13H13BrN4O3. The summed E-state index contributed by atoms with van der Waals surface area (Å²) >= 11 is 3.36. The number of benzene rings is 1. The molecular weight excluding hydrogens is 340 g/mol. The number of carboxylic acids is 1. The minimum Gasteiger partial charge on any atom is -0.481 e. The molecule has 0 aliphatic carbocycles. The predicted octanol–water partition coefficient (Wildman–Crippen LogP) is 1.61. The van der Waals surface area contributed by atoms with Gasteiger partial charge in [0, 0.05) is 16.4 Å². The van der Waals surface area contributed by atoms with Crippen LogP contribution >= 0.6 is 15.9 Å². The Morgan fingerprint density at radius 3 is 2.86 bits per heavy atom. The lowest BCUT2D eigenvalue weighted by molar-refractivity contribution is -0.136. The maximum Gasteiger partial charge on any atom is 0.309 e. The molecule has 0 aliphatic rings. The van der Waals surface area contributed by atoms with Crippen molar-refractivity contribution in [3.8, 4) is 0 Å². The summed E-state index contributed by atoms with van der Waals surface area (Å²) in [7, 11) is 0. The molecule has 0 unspecified atom stereocenters. The van der Waals surface area contributed by atoms with Crippen LogP contribution < -0.4 is 5.32 Å². The molecule has 0 saturated carbocycles. The zero-order chi connectivity index (χ0) is 15.4. The number of aromatic nitrogens is 3. The summed E-state index contributed by atoms with van der Waals surface area (Å²) in [4.78, 5) is 22.5. The van der Waals surface area contributed by atoms with Crippen LogP contribution in [0.2, 0.25) is 0 Å². The highest BCUT2D eigenvalue weighted by Crippen LogP contribution is 2.19. The van der Waals surface area contributed by atoms with E-state index < -0.39 is 5.97 Å². The third-order valence-electron chi connectivity index (χ3n) is 2.69. The third-order valence-corrected chi connectivity index (χ3v) is 3.18. The number of carbonyl (C=O) groups is 2. The first-order valence-corrected chi connectivity index (χ1v) is 6.90. The van der Waals surface area contributed by atoms with Crippen molar-refractivity contribution in [1.29, 1.82) is 0 Å². The number of halogens is 1. The Bertz CT molecular complexity index is 684. The molecule has 0 atom stereocenters. The van der Waals surface area contributed by atoms with Gasteiger partial charge in [-0.1, -0.05) is 21.1 Å². The van der Waals surface area contributed by atoms with Crippen LogP contribution in [0.25, 0.3) is 0 Å². The van der Waals surface area contributed by atoms with Crippen molar-refractivity contribution in [2.45, 2.75) is 19.9 Å². The van der Waals surface area contributed by atoms with Gasteiger partial charge in [-0.3, -0.25) is 9.59 Å². The average molecular weight is 353 g/mol. The van der Waals surface area contributed by atoms with E-state index in [4.69, 9.17) is 5.11 Å². The number of nitrogens with zero attached hydrogens (tertiary/aromatic N) is 3. The van der Waals surface area contributed by atoms with E-state index in [1.165, 1.54) is 10.9 Å². The molecule has 7 nitrogen and oxygen atoms in total. The van der Waals surface area contributed by atoms with Crippen molar-refractivity contribution >= 4 is 33.5 Å². The number of aryl methyl sites for hydroxylation is 1. The number of aliphatic carboxylic acids is 1. The number of carbonyl (C=O) groups excluding carboxylic acids is 1. The van der Waals surface area contributed by atoms with E-state index in [2.05, 4.69) is 31.6 Å². The molecule has 0 aliphatic heterocycles. The first kappa shape index (κ1) is 15.2. The molecule has 0 saturated heterocycles. The van der Waals surface area contributed by atoms with Crippen LogP contribution in [0.3, 0.4) is 0 Å². The second-order valence-corrected chi connectivity index (χ2v) is 5.40. The molecule has 1 aromatic heterocycles. The molecule has 0 fully saturated rings. The average Bonchev–Trinajstić information content (AvgIpc) is 2.79. The third kappa shape index (κ3) is 4.38. The highest BCUT2D eigenvalue weighted by Gasteiger charge is 2.09. The Morgan fingerprint density at radius 2 is 2.19 bits per heavy atom. The summed E-state index contributed by atoms with van der Waals surface area (Å²) in [6.07, 6.45) is 1.23. The lowest BCUT2D eigenvalue weighted by Gasteiger charge is -2.08. The SMILES string of the molecule is Cc1cc(Br)ccc1NC(=O)Cn1cc(CC(=O)O)nn1. The van der Waals surface area contributed by atoms with Crippen LogP contribution in [0.1, 0.15) is 11.3 Å². The van der Waals surface area contributed by atoms with Gasteiger partial charge in [0.15, 0.2) is 0 Å². The van der Waals surface area contributed by atoms with Crippen molar-refractivity contribution in [3.63, 3.8) is 0 Å². The van der Waals surface area contributed by atoms with Crippen molar-refractivity contribution in [3.05, 3.63) is 40.1 Å². The summed E-state index contributed by atoms with van der Waals surface area (Å²) in [6.45, 7) is 1.86. The van der Waals surface area contributed by atoms with Gasteiger partial charge in [-0.05, 0) is 30.7 Å². The van der Waals surface area contributed by atoms with Crippen molar-refractivity contribution in [2.24, 2.45) is 0 Å². The zero-order valence-electron chi connectivity index (χ0n) is 11.2. The van der Waals surface area contributed by atoms with Gasteiger partial charge in [0.1, 0.15) is 6.54 Å². The normalized spacial score (nSPS) is 10.4. The molecule has 8 heteroatoms. The second-order valence-electron chi connectivity index (χ2n) is 4.49. The number of hydrogen-bond acceptors (Lipinski definition) is 4. The maximum absolute atomic E-state index is 11.9. The van der Waals surface area contributed by atoms with Gasteiger partial charge in [-0.15, -0.1) is 5.10 Å². The van der Waals surface area contributed by atoms with Crippen LogP contribution in [-0.4, -0.2) is 32.0 Å². The van der Waals surface area contributed by atoms with E-state index in [1.54, 1.807) is 6.07 Å². The summed E-state index contributed by atoms with van der Waals surface area (Å²) in [6, 6.07) is 5.54. The minimum absolute atomic E-state index is 0.0257. The van der Waals surface area contributed by atoms with E-state index in [9.17, 15) is 9.59 Å². The molecule has 2 N–H and O–H groups in total. The van der Waals surface area contributed by atoms with Gasteiger partial charge < -0.3 is 10.4 Å². The second kappa shape index (κ2) is 6.49. The quantitative estimate of drug-likeness (QED) is 0.851. The Hall–Kier alpha value is -2.22. The van der Waals surface area contributed by atoms with Gasteiger partial charge >= 0.3 is 5.97 Å². The highest BCUT2D eigenvalue weighted by molar-refractivity contribution is 9.10. The van der Waals surface area contributed by atoms with Crippen LogP contribution in [0.5, 0.6) is 0 Å². The zero-order valence-corrected chi connectivity index (χ0v) is 12.8. The number of amides is 1. The fourth-order valence-corrected chi connectivity index (χ4v) is 2.23. The lowest BCUT2D eigenvalue weighted by Crippen LogP contribution is -2.19. The molecule has 0 spiro atoms. The topological polar surface area (TPSA) is 97.1 Å². The number of hydrogen-bond donors (Lipinski definition) is 2. The van der Waals surface area contributed by atoms with E-state index in [0.717, 1.165) is 10.0 Å². The van der Waals surface area contributed by atoms with Gasteiger partial charge in [0.25, 0.3) is 0 Å². The summed E-state index contributed by atoms with van der Waals surface area (Å²) in [5, 5.41) is 18.8. The monoisotopic (exact) mass is 352 g/mol. The standard InChI is InChI=1S/C13H13BrN4O3/c1-8-4-9(14)2-3-11(8)15-12(19)7-18-6-10(16-17-18)5-13(20)21/h2-4,6H,5,7H2,1H3,(H,15,19)(H,20,21). The molecule has 1 heterocycles. The van der Waals surface area contributed by atoms with Gasteiger partial charge in [-0.25, -0.2) is 4.68 Å². The minimum atomic E-state index is -0.989. The van der Waals surface area contributed by atoms with Crippen LogP contribution in [-0.2, 0) is 22.6 Å². The van der Waals surface area contributed by atoms with Gasteiger partial charge in [-0.2, -0.15) is 0 Å². The molecule has 1 amide bonds. The Balaban J connectivity index is 1.98.